The van der Waals surface area contributed by atoms with Crippen molar-refractivity contribution in [1.29, 1.82) is 0 Å². The van der Waals surface area contributed by atoms with Crippen molar-refractivity contribution in [2.45, 2.75) is 25.7 Å². The van der Waals surface area contributed by atoms with Crippen molar-refractivity contribution in [3.8, 4) is 0 Å². The summed E-state index contributed by atoms with van der Waals surface area (Å²) in [6.07, 6.45) is 5.18. The number of nitro groups is 1. The lowest BCUT2D eigenvalue weighted by atomic mass is 9.98. The van der Waals surface area contributed by atoms with E-state index < -0.39 is 4.92 Å². The topological polar surface area (TPSA) is 106 Å². The van der Waals surface area contributed by atoms with Crippen molar-refractivity contribution in [1.82, 2.24) is 4.98 Å². The Kier molecular flexibility index (Phi) is 3.43. The number of hydrogen-bond donors (Lipinski definition) is 3. The number of pyridine rings is 1. The van der Waals surface area contributed by atoms with E-state index in [1.54, 1.807) is 0 Å². The zero-order valence-electron chi connectivity index (χ0n) is 11.2. The first-order valence-corrected chi connectivity index (χ1v) is 7.05. The van der Waals surface area contributed by atoms with E-state index >= 15 is 0 Å². The minimum atomic E-state index is -0.418. The number of nitrogens with zero attached hydrogens (tertiary/aromatic N) is 2. The lowest BCUT2D eigenvalue weighted by Crippen LogP contribution is -2.20. The van der Waals surface area contributed by atoms with Crippen LogP contribution in [-0.2, 0) is 0 Å². The van der Waals surface area contributed by atoms with Crippen molar-refractivity contribution >= 4 is 17.3 Å². The Balaban J connectivity index is 1.72. The monoisotopic (exact) mass is 277 g/mol. The average molecular weight is 277 g/mol. The van der Waals surface area contributed by atoms with E-state index in [9.17, 15) is 10.1 Å². The van der Waals surface area contributed by atoms with Crippen LogP contribution in [0.3, 0.4) is 0 Å². The van der Waals surface area contributed by atoms with Gasteiger partial charge in [-0.05, 0) is 49.5 Å². The van der Waals surface area contributed by atoms with E-state index in [-0.39, 0.29) is 5.69 Å². The van der Waals surface area contributed by atoms with Gasteiger partial charge in [0.15, 0.2) is 0 Å². The molecule has 1 heterocycles. The summed E-state index contributed by atoms with van der Waals surface area (Å²) in [4.78, 5) is 14.8. The molecule has 0 bridgehead atoms. The van der Waals surface area contributed by atoms with Crippen LogP contribution in [0.2, 0.25) is 0 Å². The Hall–Kier alpha value is -1.89. The second kappa shape index (κ2) is 5.24. The van der Waals surface area contributed by atoms with Crippen molar-refractivity contribution in [3.05, 3.63) is 22.2 Å². The van der Waals surface area contributed by atoms with Gasteiger partial charge in [-0.25, -0.2) is 10.8 Å². The van der Waals surface area contributed by atoms with Gasteiger partial charge >= 0.3 is 5.69 Å². The average Bonchev–Trinajstić information content (AvgIpc) is 3.31. The molecule has 4 N–H and O–H groups in total. The molecule has 0 unspecified atom stereocenters. The molecule has 0 saturated heterocycles. The van der Waals surface area contributed by atoms with Crippen LogP contribution in [0.15, 0.2) is 12.1 Å². The summed E-state index contributed by atoms with van der Waals surface area (Å²) >= 11 is 0. The van der Waals surface area contributed by atoms with Crippen molar-refractivity contribution < 1.29 is 4.92 Å². The molecule has 0 aromatic carbocycles. The highest BCUT2D eigenvalue weighted by Crippen LogP contribution is 2.49. The normalized spacial score (nSPS) is 18.1. The third kappa shape index (κ3) is 2.82. The van der Waals surface area contributed by atoms with E-state index in [2.05, 4.69) is 15.7 Å². The second-order valence-corrected chi connectivity index (χ2v) is 5.69. The Morgan fingerprint density at radius 1 is 1.35 bits per heavy atom. The van der Waals surface area contributed by atoms with E-state index in [1.807, 2.05) is 0 Å². The molecule has 1 aromatic heterocycles. The summed E-state index contributed by atoms with van der Waals surface area (Å²) in [5.74, 6) is 8.26. The molecule has 108 valence electrons. The minimum absolute atomic E-state index is 0.00524. The van der Waals surface area contributed by atoms with Gasteiger partial charge in [0.05, 0.1) is 4.92 Å². The maximum Gasteiger partial charge on any atom is 0.311 e. The lowest BCUT2D eigenvalue weighted by molar-refractivity contribution is -0.384. The van der Waals surface area contributed by atoms with E-state index in [1.165, 1.54) is 37.8 Å². The van der Waals surface area contributed by atoms with E-state index in [0.29, 0.717) is 17.6 Å². The molecule has 2 fully saturated rings. The first kappa shape index (κ1) is 13.1. The molecule has 3 rings (SSSR count). The van der Waals surface area contributed by atoms with Gasteiger partial charge in [-0.3, -0.25) is 10.1 Å². The van der Waals surface area contributed by atoms with Crippen LogP contribution in [0, 0.1) is 27.9 Å². The van der Waals surface area contributed by atoms with Crippen LogP contribution >= 0.6 is 0 Å². The summed E-state index contributed by atoms with van der Waals surface area (Å²) < 4.78 is 0. The summed E-state index contributed by atoms with van der Waals surface area (Å²) in [6.45, 7) is 0.761. The number of nitrogens with one attached hydrogen (secondary N) is 2. The number of aromatic nitrogens is 1. The quantitative estimate of drug-likeness (QED) is 0.400. The van der Waals surface area contributed by atoms with Crippen LogP contribution in [0.1, 0.15) is 25.7 Å². The fourth-order valence-corrected chi connectivity index (χ4v) is 2.79. The van der Waals surface area contributed by atoms with Crippen molar-refractivity contribution in [3.63, 3.8) is 0 Å². The maximum absolute atomic E-state index is 11.0. The highest BCUT2D eigenvalue weighted by atomic mass is 16.6. The van der Waals surface area contributed by atoms with Gasteiger partial charge in [0.25, 0.3) is 0 Å². The maximum atomic E-state index is 11.0. The summed E-state index contributed by atoms with van der Waals surface area (Å²) in [5, 5.41) is 14.2. The molecule has 0 atom stereocenters. The number of anilines is 2. The minimum Gasteiger partial charge on any atom is -0.364 e. The Morgan fingerprint density at radius 2 is 2.00 bits per heavy atom. The molecule has 2 aliphatic rings. The van der Waals surface area contributed by atoms with Gasteiger partial charge in [0, 0.05) is 12.6 Å². The molecule has 2 saturated carbocycles. The molecule has 20 heavy (non-hydrogen) atoms. The number of hydrazine groups is 1. The second-order valence-electron chi connectivity index (χ2n) is 5.69. The molecule has 0 spiro atoms. The fourth-order valence-electron chi connectivity index (χ4n) is 2.79. The highest BCUT2D eigenvalue weighted by Gasteiger charge is 2.41. The van der Waals surface area contributed by atoms with Gasteiger partial charge < -0.3 is 10.7 Å². The number of nitrogen functional groups attached to an aromatic ring is 1. The summed E-state index contributed by atoms with van der Waals surface area (Å²) in [5.41, 5.74) is 2.41. The number of nitrogens with two attached hydrogens (primary N) is 1. The zero-order chi connectivity index (χ0) is 14.1. The lowest BCUT2D eigenvalue weighted by Gasteiger charge is -2.16. The van der Waals surface area contributed by atoms with E-state index in [0.717, 1.165) is 18.4 Å². The van der Waals surface area contributed by atoms with Crippen LogP contribution in [0.4, 0.5) is 17.3 Å². The fraction of sp³-hybridized carbons (Fsp3) is 0.615. The zero-order valence-corrected chi connectivity index (χ0v) is 11.2. The standard InChI is InChI=1S/C13H19N5O2/c14-17-12-6-5-11(18(19)20)13(16-12)15-7-10(8-1-2-8)9-3-4-9/h5-6,8-10H,1-4,7,14H2,(H2,15,16,17). The van der Waals surface area contributed by atoms with Crippen LogP contribution in [0.25, 0.3) is 0 Å². The molecule has 0 amide bonds. The first-order chi connectivity index (χ1) is 9.69. The molecular formula is C13H19N5O2. The Labute approximate surface area is 117 Å². The molecular weight excluding hydrogens is 258 g/mol. The van der Waals surface area contributed by atoms with Gasteiger partial charge in [0.1, 0.15) is 5.82 Å². The SMILES string of the molecule is NNc1ccc([N+](=O)[O-])c(NCC(C2CC2)C2CC2)n1. The van der Waals surface area contributed by atoms with Gasteiger partial charge in [-0.2, -0.15) is 0 Å². The molecule has 7 nitrogen and oxygen atoms in total. The molecule has 0 radical (unpaired) electrons. The smallest absolute Gasteiger partial charge is 0.311 e. The van der Waals surface area contributed by atoms with Crippen molar-refractivity contribution in [2.75, 3.05) is 17.3 Å². The predicted molar refractivity (Wildman–Crippen MR) is 76.1 cm³/mol. The van der Waals surface area contributed by atoms with Gasteiger partial charge in [-0.1, -0.05) is 0 Å². The molecule has 0 aliphatic heterocycles. The molecule has 2 aliphatic carbocycles. The van der Waals surface area contributed by atoms with Crippen molar-refractivity contribution in [2.24, 2.45) is 23.6 Å². The van der Waals surface area contributed by atoms with Gasteiger partial charge in [-0.15, -0.1) is 0 Å². The summed E-state index contributed by atoms with van der Waals surface area (Å²) in [7, 11) is 0. The molecule has 7 heteroatoms. The van der Waals surface area contributed by atoms with Crippen LogP contribution in [0.5, 0.6) is 0 Å². The summed E-state index contributed by atoms with van der Waals surface area (Å²) in [6, 6.07) is 2.93. The highest BCUT2D eigenvalue weighted by molar-refractivity contribution is 5.60. The van der Waals surface area contributed by atoms with E-state index in [4.69, 9.17) is 5.84 Å². The third-order valence-corrected chi connectivity index (χ3v) is 4.18. The van der Waals surface area contributed by atoms with Gasteiger partial charge in [0.2, 0.25) is 5.82 Å². The predicted octanol–water partition coefficient (Wildman–Crippen LogP) is 2.12. The Bertz CT molecular complexity index is 501. The largest absolute Gasteiger partial charge is 0.364 e. The Morgan fingerprint density at radius 3 is 2.50 bits per heavy atom. The first-order valence-electron chi connectivity index (χ1n) is 7.05. The number of hydrogen-bond acceptors (Lipinski definition) is 6. The van der Waals surface area contributed by atoms with Crippen LogP contribution < -0.4 is 16.6 Å². The third-order valence-electron chi connectivity index (χ3n) is 4.18. The number of rotatable bonds is 7. The molecule has 1 aromatic rings. The van der Waals surface area contributed by atoms with Crippen LogP contribution in [-0.4, -0.2) is 16.5 Å².